The maximum atomic E-state index is 15.9. The number of aromatic nitrogens is 6. The third-order valence-electron chi connectivity index (χ3n) is 7.84. The van der Waals surface area contributed by atoms with Gasteiger partial charge in [0, 0.05) is 74.2 Å². The Labute approximate surface area is 275 Å². The van der Waals surface area contributed by atoms with E-state index < -0.39 is 11.6 Å². The van der Waals surface area contributed by atoms with Crippen molar-refractivity contribution in [2.45, 2.75) is 19.5 Å². The zero-order chi connectivity index (χ0) is 30.7. The van der Waals surface area contributed by atoms with Crippen molar-refractivity contribution >= 4 is 38.4 Å². The number of carbonyl (C=O) groups excluding carboxylic acids is 1. The van der Waals surface area contributed by atoms with E-state index in [9.17, 15) is 9.18 Å². The van der Waals surface area contributed by atoms with Crippen LogP contribution < -0.4 is 4.74 Å². The zero-order valence-corrected chi connectivity index (χ0v) is 27.2. The van der Waals surface area contributed by atoms with E-state index in [-0.39, 0.29) is 50.9 Å². The minimum atomic E-state index is -0.796. The van der Waals surface area contributed by atoms with Crippen LogP contribution in [0, 0.1) is 18.6 Å². The molecule has 5 aromatic heterocycles. The van der Waals surface area contributed by atoms with E-state index in [1.165, 1.54) is 17.4 Å². The molecule has 6 heterocycles. The molecule has 45 heavy (non-hydrogen) atoms. The number of ether oxygens (including phenoxy) is 1. The van der Waals surface area contributed by atoms with E-state index in [0.29, 0.717) is 46.0 Å². The number of nitrogens with zero attached hydrogens (tertiary/aromatic N) is 7. The molecule has 1 amide bonds. The van der Waals surface area contributed by atoms with Crippen molar-refractivity contribution in [3.05, 3.63) is 85.0 Å². The van der Waals surface area contributed by atoms with Gasteiger partial charge < -0.3 is 16.6 Å². The minimum Gasteiger partial charge on any atom is -0.524 e. The molecule has 1 atom stereocenters. The Morgan fingerprint density at radius 3 is 2.76 bits per heavy atom. The van der Waals surface area contributed by atoms with Crippen LogP contribution in [0.25, 0.3) is 54.9 Å². The Kier molecular flexibility index (Phi) is 8.13. The quantitative estimate of drug-likeness (QED) is 0.114. The Hall–Kier alpha value is -4.28. The summed E-state index contributed by atoms with van der Waals surface area (Å²) in [6.07, 6.45) is 4.87. The van der Waals surface area contributed by atoms with Crippen LogP contribution in [0.3, 0.4) is 0 Å². The second-order valence-corrected chi connectivity index (χ2v) is 11.4. The van der Waals surface area contributed by atoms with E-state index in [1.807, 2.05) is 48.4 Å². The molecule has 9 nitrogen and oxygen atoms in total. The standard InChI is InChI=1S/C32H26F2N7O2S.Mo/c1-5-27(42)40-8-9-41-25(17(40)3)14-23(38-41)31-29(28-21(34)12-19(33)13-26(28)43-6-2)32-20(7-10-44-32)30(36-31)18-11-22-24(35-15-18)16-39(4)37-22;/h5,7,10-17H,1-2,6,8-9H2,3-4H3;/q-1;/t17-;/m1./s1. The van der Waals surface area contributed by atoms with Gasteiger partial charge in [-0.1, -0.05) is 6.58 Å². The predicted octanol–water partition coefficient (Wildman–Crippen LogP) is 6.35. The summed E-state index contributed by atoms with van der Waals surface area (Å²) in [5.41, 5.74) is 4.93. The number of thiophene rings is 1. The summed E-state index contributed by atoms with van der Waals surface area (Å²) in [7, 11) is 1.83. The molecule has 0 spiro atoms. The Morgan fingerprint density at radius 1 is 1.16 bits per heavy atom. The number of amides is 1. The molecular weight excluding hydrogens is 680 g/mol. The van der Waals surface area contributed by atoms with Gasteiger partial charge >= 0.3 is 0 Å². The van der Waals surface area contributed by atoms with Gasteiger partial charge in [0.1, 0.15) is 39.8 Å². The fourth-order valence-corrected chi connectivity index (χ4v) is 6.81. The van der Waals surface area contributed by atoms with E-state index in [2.05, 4.69) is 23.6 Å². The van der Waals surface area contributed by atoms with Crippen molar-refractivity contribution in [1.82, 2.24) is 34.4 Å². The molecular formula is C32H26F2MoN7O2S-. The molecule has 228 valence electrons. The third-order valence-corrected chi connectivity index (χ3v) is 8.77. The largest absolute Gasteiger partial charge is 0.524 e. The molecule has 0 N–H and O–H groups in total. The van der Waals surface area contributed by atoms with E-state index in [4.69, 9.17) is 14.8 Å². The topological polar surface area (TPSA) is 91.0 Å². The molecule has 0 saturated carbocycles. The van der Waals surface area contributed by atoms with Crippen LogP contribution in [-0.4, -0.2) is 53.5 Å². The van der Waals surface area contributed by atoms with Crippen molar-refractivity contribution in [2.75, 3.05) is 13.2 Å². The summed E-state index contributed by atoms with van der Waals surface area (Å²) in [4.78, 5) is 24.0. The van der Waals surface area contributed by atoms with Crippen LogP contribution in [0.5, 0.6) is 5.75 Å². The number of fused-ring (bicyclic) bond motifs is 3. The second-order valence-electron chi connectivity index (χ2n) is 10.5. The molecule has 0 fully saturated rings. The van der Waals surface area contributed by atoms with Crippen LogP contribution in [0.15, 0.2) is 60.8 Å². The first-order valence-electron chi connectivity index (χ1n) is 13.9. The molecule has 13 heteroatoms. The van der Waals surface area contributed by atoms with Crippen LogP contribution in [0.4, 0.5) is 8.78 Å². The first-order valence-corrected chi connectivity index (χ1v) is 14.8. The predicted molar refractivity (Wildman–Crippen MR) is 165 cm³/mol. The van der Waals surface area contributed by atoms with Crippen molar-refractivity contribution in [3.8, 4) is 39.5 Å². The molecule has 1 aliphatic rings. The van der Waals surface area contributed by atoms with Gasteiger partial charge in [0.2, 0.25) is 5.91 Å². The number of aryl methyl sites for hydroxylation is 1. The summed E-state index contributed by atoms with van der Waals surface area (Å²) in [5.74, 6) is -1.72. The van der Waals surface area contributed by atoms with E-state index >= 15 is 4.39 Å². The zero-order valence-electron chi connectivity index (χ0n) is 24.3. The smallest absolute Gasteiger partial charge is 0.246 e. The van der Waals surface area contributed by atoms with Crippen LogP contribution in [0.1, 0.15) is 18.7 Å². The molecule has 0 aliphatic carbocycles. The Morgan fingerprint density at radius 2 is 1.98 bits per heavy atom. The van der Waals surface area contributed by atoms with Gasteiger partial charge in [-0.25, -0.2) is 13.8 Å². The Bertz CT molecular complexity index is 2120. The molecule has 0 saturated heterocycles. The number of halogens is 2. The van der Waals surface area contributed by atoms with Gasteiger partial charge in [0.25, 0.3) is 0 Å². The average Bonchev–Trinajstić information content (AvgIpc) is 3.74. The molecule has 0 bridgehead atoms. The van der Waals surface area contributed by atoms with E-state index in [1.54, 1.807) is 15.8 Å². The fourth-order valence-electron chi connectivity index (χ4n) is 5.86. The monoisotopic (exact) mass is 708 g/mol. The van der Waals surface area contributed by atoms with Crippen molar-refractivity contribution in [3.63, 3.8) is 0 Å². The van der Waals surface area contributed by atoms with Crippen molar-refractivity contribution < 1.29 is 39.4 Å². The number of rotatable bonds is 6. The maximum absolute atomic E-state index is 15.9. The molecule has 0 radical (unpaired) electrons. The van der Waals surface area contributed by atoms with Crippen LogP contribution >= 0.6 is 11.3 Å². The summed E-state index contributed by atoms with van der Waals surface area (Å²) >= 11 is 1.41. The normalized spacial score (nSPS) is 14.4. The summed E-state index contributed by atoms with van der Waals surface area (Å²) < 4.78 is 40.2. The summed E-state index contributed by atoms with van der Waals surface area (Å²) in [6, 6.07) is 7.40. The third kappa shape index (κ3) is 5.15. The van der Waals surface area contributed by atoms with Gasteiger partial charge in [-0.05, 0) is 43.2 Å². The number of hydrogen-bond donors (Lipinski definition) is 0. The van der Waals surface area contributed by atoms with Gasteiger partial charge in [-0.3, -0.25) is 19.1 Å². The van der Waals surface area contributed by atoms with Crippen molar-refractivity contribution in [1.29, 1.82) is 0 Å². The summed E-state index contributed by atoms with van der Waals surface area (Å²) in [6.45, 7) is 10.2. The summed E-state index contributed by atoms with van der Waals surface area (Å²) in [5, 5.41) is 12.1. The number of benzene rings is 1. The molecule has 1 aliphatic heterocycles. The van der Waals surface area contributed by atoms with Crippen molar-refractivity contribution in [2.24, 2.45) is 7.05 Å². The van der Waals surface area contributed by atoms with Gasteiger partial charge in [0.05, 0.1) is 35.7 Å². The number of carbonyl (C=O) groups is 1. The number of hydrogen-bond acceptors (Lipinski definition) is 7. The number of pyridine rings is 2. The molecule has 0 unspecified atom stereocenters. The SMILES string of the molecule is C=CC(=O)N1CCn2nc(-c3nc(-c4cnc5cn(C)nc5c4)c4ccsc4c3-c3c(F)cc(F)cc3OC[CH2-])cc2[C@H]1C.[Mo]. The molecule has 1 aromatic carbocycles. The molecule has 6 aromatic rings. The molecule has 7 rings (SSSR count). The Balaban J connectivity index is 0.00000357. The maximum Gasteiger partial charge on any atom is 0.246 e. The first kappa shape index (κ1) is 30.7. The second kappa shape index (κ2) is 11.9. The minimum absolute atomic E-state index is 0. The van der Waals surface area contributed by atoms with Crippen LogP contribution in [-0.2, 0) is 39.5 Å². The first-order chi connectivity index (χ1) is 21.3. The van der Waals surface area contributed by atoms with Gasteiger partial charge in [-0.2, -0.15) is 10.2 Å². The fraction of sp³-hybridized carbons (Fsp3) is 0.188. The average molecular weight is 707 g/mol. The van der Waals surface area contributed by atoms with E-state index in [0.717, 1.165) is 34.3 Å². The van der Waals surface area contributed by atoms with Gasteiger partial charge in [-0.15, -0.1) is 11.3 Å². The van der Waals surface area contributed by atoms with Gasteiger partial charge in [0.15, 0.2) is 0 Å². The van der Waals surface area contributed by atoms with Crippen LogP contribution in [0.2, 0.25) is 0 Å².